The first-order chi connectivity index (χ1) is 27.2. The number of fused-ring (bicyclic) bond motifs is 9. The van der Waals surface area contributed by atoms with Crippen molar-refractivity contribution in [3.63, 3.8) is 0 Å². The summed E-state index contributed by atoms with van der Waals surface area (Å²) in [5.74, 6) is 0. The van der Waals surface area contributed by atoms with Gasteiger partial charge in [-0.3, -0.25) is 0 Å². The van der Waals surface area contributed by atoms with Gasteiger partial charge in [-0.05, 0) is 95.9 Å². The van der Waals surface area contributed by atoms with Crippen LogP contribution in [-0.4, -0.2) is 13.7 Å². The van der Waals surface area contributed by atoms with Crippen LogP contribution < -0.4 is 0 Å². The molecular weight excluding hydrogens is 671 g/mol. The largest absolute Gasteiger partial charge is 0.309 e. The van der Waals surface area contributed by atoms with Gasteiger partial charge >= 0.3 is 0 Å². The summed E-state index contributed by atoms with van der Waals surface area (Å²) in [6.07, 6.45) is 0. The van der Waals surface area contributed by atoms with Crippen molar-refractivity contribution >= 4 is 71.1 Å². The van der Waals surface area contributed by atoms with Crippen LogP contribution in [0.2, 0.25) is 0 Å². The quantitative estimate of drug-likeness (QED) is 0.169. The van der Waals surface area contributed by atoms with E-state index >= 15 is 0 Å². The third-order valence-electron chi connectivity index (χ3n) is 11.1. The molecule has 5 nitrogen and oxygen atoms in total. The molecule has 8 aromatic carbocycles. The Morgan fingerprint density at radius 2 is 0.818 bits per heavy atom. The van der Waals surface area contributed by atoms with Crippen molar-refractivity contribution in [2.24, 2.45) is 0 Å². The third-order valence-corrected chi connectivity index (χ3v) is 11.1. The summed E-state index contributed by atoms with van der Waals surface area (Å²) in [5, 5.41) is 17.3. The number of nitrogens with zero attached hydrogens (tertiary/aromatic N) is 5. The normalized spacial score (nSPS) is 11.6. The van der Waals surface area contributed by atoms with E-state index in [4.69, 9.17) is 6.57 Å². The molecule has 5 heteroatoms. The van der Waals surface area contributed by atoms with Crippen LogP contribution in [0.25, 0.3) is 98.5 Å². The van der Waals surface area contributed by atoms with E-state index in [-0.39, 0.29) is 0 Å². The summed E-state index contributed by atoms with van der Waals surface area (Å²) < 4.78 is 6.93. The first kappa shape index (κ1) is 30.7. The highest BCUT2D eigenvalue weighted by Gasteiger charge is 2.18. The summed E-state index contributed by atoms with van der Waals surface area (Å²) >= 11 is 0. The van der Waals surface area contributed by atoms with E-state index in [9.17, 15) is 5.26 Å². The molecule has 0 bridgehead atoms. The molecule has 0 N–H and O–H groups in total. The maximum atomic E-state index is 10.3. The maximum Gasteiger partial charge on any atom is 0.188 e. The van der Waals surface area contributed by atoms with Crippen LogP contribution in [0.15, 0.2) is 176 Å². The Kier molecular flexibility index (Phi) is 6.61. The van der Waals surface area contributed by atoms with Crippen LogP contribution in [-0.2, 0) is 0 Å². The van der Waals surface area contributed by atoms with Crippen molar-refractivity contribution < 1.29 is 0 Å². The lowest BCUT2D eigenvalue weighted by molar-refractivity contribution is 1.16. The fraction of sp³-hybridized carbons (Fsp3) is 0. The standard InChI is InChI=1S/C50H29N5/c1-52-34-21-26-49-43(28-34)40-12-4-9-17-48(40)55(49)36-24-20-33(31-51)42(29-36)32-18-22-35(23-19-32)53-47-16-8-5-13-41(47)44-30-37(25-27-50(44)53)54-45-14-6-2-10-38(45)39-11-3-7-15-46(39)54/h2-30H. The molecule has 0 radical (unpaired) electrons. The Morgan fingerprint density at radius 3 is 1.36 bits per heavy atom. The fourth-order valence-corrected chi connectivity index (χ4v) is 8.69. The first-order valence-corrected chi connectivity index (χ1v) is 18.3. The van der Waals surface area contributed by atoms with Crippen LogP contribution in [0.5, 0.6) is 0 Å². The van der Waals surface area contributed by atoms with Gasteiger partial charge in [-0.15, -0.1) is 0 Å². The lowest BCUT2D eigenvalue weighted by Gasteiger charge is -2.13. The molecule has 0 aliphatic carbocycles. The number of hydrogen-bond donors (Lipinski definition) is 0. The molecule has 0 saturated carbocycles. The Hall–Kier alpha value is -7.86. The second kappa shape index (κ2) is 11.8. The molecule has 254 valence electrons. The number of aromatic nitrogens is 3. The number of rotatable bonds is 4. The molecule has 0 saturated heterocycles. The monoisotopic (exact) mass is 699 g/mol. The first-order valence-electron chi connectivity index (χ1n) is 18.3. The summed E-state index contributed by atoms with van der Waals surface area (Å²) in [6.45, 7) is 7.58. The zero-order chi connectivity index (χ0) is 36.6. The molecule has 0 unspecified atom stereocenters. The highest BCUT2D eigenvalue weighted by molar-refractivity contribution is 6.13. The summed E-state index contributed by atoms with van der Waals surface area (Å²) in [6, 6.07) is 63.8. The van der Waals surface area contributed by atoms with E-state index in [2.05, 4.69) is 158 Å². The van der Waals surface area contributed by atoms with Crippen molar-refractivity contribution in [3.8, 4) is 34.3 Å². The van der Waals surface area contributed by atoms with Gasteiger partial charge in [0.05, 0.1) is 51.3 Å². The van der Waals surface area contributed by atoms with Gasteiger partial charge in [0.1, 0.15) is 0 Å². The van der Waals surface area contributed by atoms with Crippen molar-refractivity contribution in [2.75, 3.05) is 0 Å². The molecule has 0 aliphatic rings. The Balaban J connectivity index is 1.04. The Labute approximate surface area is 316 Å². The van der Waals surface area contributed by atoms with E-state index in [0.29, 0.717) is 11.3 Å². The second-order valence-corrected chi connectivity index (χ2v) is 14.0. The zero-order valence-electron chi connectivity index (χ0n) is 29.5. The summed E-state index contributed by atoms with van der Waals surface area (Å²) in [7, 11) is 0. The predicted octanol–water partition coefficient (Wildman–Crippen LogP) is 13.1. The third kappa shape index (κ3) is 4.51. The van der Waals surface area contributed by atoms with Gasteiger partial charge in [-0.2, -0.15) is 5.26 Å². The van der Waals surface area contributed by atoms with Gasteiger partial charge in [0, 0.05) is 49.6 Å². The molecule has 0 aliphatic heterocycles. The van der Waals surface area contributed by atoms with Crippen molar-refractivity contribution in [1.82, 2.24) is 13.7 Å². The molecule has 55 heavy (non-hydrogen) atoms. The minimum absolute atomic E-state index is 0.613. The van der Waals surface area contributed by atoms with Gasteiger partial charge < -0.3 is 13.7 Å². The zero-order valence-corrected chi connectivity index (χ0v) is 29.5. The molecule has 0 atom stereocenters. The SMILES string of the molecule is [C-]#[N+]c1ccc2c(c1)c1ccccc1n2-c1ccc(C#N)c(-c2ccc(-n3c4ccccc4c4cc(-n5c6ccccc6c6ccccc65)ccc43)cc2)c1. The molecule has 0 fully saturated rings. The Morgan fingerprint density at radius 1 is 0.400 bits per heavy atom. The van der Waals surface area contributed by atoms with E-state index in [1.807, 2.05) is 42.5 Å². The second-order valence-electron chi connectivity index (χ2n) is 14.0. The predicted molar refractivity (Wildman–Crippen MR) is 226 cm³/mol. The average molecular weight is 700 g/mol. The topological polar surface area (TPSA) is 42.9 Å². The smallest absolute Gasteiger partial charge is 0.188 e. The highest BCUT2D eigenvalue weighted by Crippen LogP contribution is 2.39. The van der Waals surface area contributed by atoms with E-state index in [0.717, 1.165) is 61.0 Å². The van der Waals surface area contributed by atoms with E-state index in [1.165, 1.54) is 32.6 Å². The summed E-state index contributed by atoms with van der Waals surface area (Å²) in [4.78, 5) is 3.68. The van der Waals surface area contributed by atoms with Gasteiger partial charge in [0.25, 0.3) is 0 Å². The lowest BCUT2D eigenvalue weighted by Crippen LogP contribution is -1.97. The van der Waals surface area contributed by atoms with Gasteiger partial charge in [-0.1, -0.05) is 91.0 Å². The number of benzene rings is 8. The van der Waals surface area contributed by atoms with E-state index < -0.39 is 0 Å². The minimum Gasteiger partial charge on any atom is -0.309 e. The van der Waals surface area contributed by atoms with Crippen LogP contribution >= 0.6 is 0 Å². The molecule has 11 aromatic rings. The van der Waals surface area contributed by atoms with Crippen molar-refractivity contribution in [3.05, 3.63) is 193 Å². The summed E-state index contributed by atoms with van der Waals surface area (Å²) in [5.41, 5.74) is 12.9. The van der Waals surface area contributed by atoms with Gasteiger partial charge in [0.15, 0.2) is 5.69 Å². The molecular formula is C50H29N5. The van der Waals surface area contributed by atoms with Crippen LogP contribution in [0.1, 0.15) is 5.56 Å². The molecule has 3 aromatic heterocycles. The Bertz CT molecular complexity index is 3400. The van der Waals surface area contributed by atoms with Gasteiger partial charge in [-0.25, -0.2) is 4.85 Å². The molecule has 0 spiro atoms. The van der Waals surface area contributed by atoms with Crippen molar-refractivity contribution in [2.45, 2.75) is 0 Å². The highest BCUT2D eigenvalue weighted by atomic mass is 15.0. The fourth-order valence-electron chi connectivity index (χ4n) is 8.69. The van der Waals surface area contributed by atoms with Crippen LogP contribution in [0.4, 0.5) is 5.69 Å². The maximum absolute atomic E-state index is 10.3. The molecule has 3 heterocycles. The lowest BCUT2D eigenvalue weighted by atomic mass is 9.99. The average Bonchev–Trinajstić information content (AvgIpc) is 3.89. The number of nitriles is 1. The van der Waals surface area contributed by atoms with E-state index in [1.54, 1.807) is 0 Å². The van der Waals surface area contributed by atoms with Crippen molar-refractivity contribution in [1.29, 1.82) is 5.26 Å². The van der Waals surface area contributed by atoms with Gasteiger partial charge in [0.2, 0.25) is 0 Å². The molecule has 11 rings (SSSR count). The number of hydrogen-bond acceptors (Lipinski definition) is 1. The number of para-hydroxylation sites is 4. The minimum atomic E-state index is 0.613. The van der Waals surface area contributed by atoms with Crippen LogP contribution in [0.3, 0.4) is 0 Å². The molecule has 0 amide bonds. The van der Waals surface area contributed by atoms with Crippen LogP contribution in [0, 0.1) is 17.9 Å².